The van der Waals surface area contributed by atoms with Gasteiger partial charge >= 0.3 is 29.2 Å². The SMILES string of the molecule is C[C@@]1(COP(=O)(O)OP(=O)(O)OP(=O)(O)O)C[C@@](C)(O)[C@H](n2ccc(=O)[nH]c2=O)O1. The summed E-state index contributed by atoms with van der Waals surface area (Å²) in [5, 5.41) is 10.6. The lowest BCUT2D eigenvalue weighted by Crippen LogP contribution is -2.40. The topological polar surface area (TPSA) is 244 Å². The Bertz CT molecular complexity index is 1060. The van der Waals surface area contributed by atoms with Crippen molar-refractivity contribution in [2.24, 2.45) is 0 Å². The van der Waals surface area contributed by atoms with E-state index in [1.807, 2.05) is 4.98 Å². The van der Waals surface area contributed by atoms with E-state index in [1.54, 1.807) is 0 Å². The monoisotopic (exact) mass is 496 g/mol. The molecule has 1 aromatic heterocycles. The molecule has 5 atom stereocenters. The van der Waals surface area contributed by atoms with Gasteiger partial charge in [-0.15, -0.1) is 0 Å². The fourth-order valence-electron chi connectivity index (χ4n) is 2.86. The molecule has 0 bridgehead atoms. The molecule has 172 valence electrons. The van der Waals surface area contributed by atoms with Gasteiger partial charge < -0.3 is 29.4 Å². The zero-order valence-corrected chi connectivity index (χ0v) is 18.0. The van der Waals surface area contributed by atoms with Gasteiger partial charge in [0.25, 0.3) is 5.56 Å². The number of aromatic amines is 1. The first-order valence-corrected chi connectivity index (χ1v) is 12.4. The van der Waals surface area contributed by atoms with Gasteiger partial charge in [-0.25, -0.2) is 18.5 Å². The Labute approximate surface area is 167 Å². The fourth-order valence-corrected chi connectivity index (χ4v) is 5.99. The van der Waals surface area contributed by atoms with Crippen LogP contribution in [-0.2, 0) is 31.6 Å². The second-order valence-electron chi connectivity index (χ2n) is 6.84. The van der Waals surface area contributed by atoms with Crippen molar-refractivity contribution in [2.45, 2.75) is 37.7 Å². The highest BCUT2D eigenvalue weighted by Crippen LogP contribution is 2.66. The van der Waals surface area contributed by atoms with Crippen LogP contribution in [0.4, 0.5) is 0 Å². The molecule has 1 fully saturated rings. The number of aliphatic hydroxyl groups is 1. The molecule has 2 heterocycles. The molecule has 0 saturated carbocycles. The van der Waals surface area contributed by atoms with Crippen LogP contribution in [0.3, 0.4) is 0 Å². The summed E-state index contributed by atoms with van der Waals surface area (Å²) >= 11 is 0. The first-order chi connectivity index (χ1) is 13.3. The lowest BCUT2D eigenvalue weighted by Gasteiger charge is -2.26. The van der Waals surface area contributed by atoms with Gasteiger partial charge in [0, 0.05) is 18.7 Å². The van der Waals surface area contributed by atoms with Crippen molar-refractivity contribution in [1.29, 1.82) is 0 Å². The Kier molecular flexibility index (Phi) is 6.88. The normalized spacial score (nSPS) is 31.2. The maximum absolute atomic E-state index is 12.0. The van der Waals surface area contributed by atoms with Crippen LogP contribution in [0.2, 0.25) is 0 Å². The maximum atomic E-state index is 12.0. The van der Waals surface area contributed by atoms with Gasteiger partial charge in [0.15, 0.2) is 6.23 Å². The van der Waals surface area contributed by atoms with E-state index < -0.39 is 58.8 Å². The number of H-pyrrole nitrogens is 1. The van der Waals surface area contributed by atoms with Gasteiger partial charge in [0.1, 0.15) is 5.60 Å². The third kappa shape index (κ3) is 6.76. The van der Waals surface area contributed by atoms with Gasteiger partial charge in [-0.2, -0.15) is 8.62 Å². The Morgan fingerprint density at radius 2 is 1.77 bits per heavy atom. The molecule has 0 aliphatic carbocycles. The molecule has 1 aromatic rings. The van der Waals surface area contributed by atoms with Crippen LogP contribution in [-0.4, -0.2) is 52.0 Å². The highest BCUT2D eigenvalue weighted by molar-refractivity contribution is 7.66. The van der Waals surface area contributed by atoms with E-state index in [0.29, 0.717) is 0 Å². The molecular weight excluding hydrogens is 477 g/mol. The highest BCUT2D eigenvalue weighted by atomic mass is 31.3. The van der Waals surface area contributed by atoms with Crippen molar-refractivity contribution < 1.29 is 56.3 Å². The second kappa shape index (κ2) is 8.17. The number of rotatable bonds is 8. The molecule has 1 aliphatic heterocycles. The minimum Gasteiger partial charge on any atom is -0.385 e. The van der Waals surface area contributed by atoms with Crippen LogP contribution in [0, 0.1) is 0 Å². The molecule has 2 unspecified atom stereocenters. The average molecular weight is 496 g/mol. The molecule has 0 radical (unpaired) electrons. The fraction of sp³-hybridized carbons (Fsp3) is 0.636. The minimum absolute atomic E-state index is 0.272. The quantitative estimate of drug-likeness (QED) is 0.244. The summed E-state index contributed by atoms with van der Waals surface area (Å²) in [7, 11) is -16.6. The van der Waals surface area contributed by atoms with E-state index in [9.17, 15) is 33.3 Å². The lowest BCUT2D eigenvalue weighted by atomic mass is 9.93. The third-order valence-corrected chi connectivity index (χ3v) is 7.50. The van der Waals surface area contributed by atoms with Crippen LogP contribution in [0.15, 0.2) is 21.9 Å². The minimum atomic E-state index is -5.69. The van der Waals surface area contributed by atoms with E-state index in [2.05, 4.69) is 13.1 Å². The number of nitrogens with one attached hydrogen (secondary N) is 1. The first kappa shape index (κ1) is 25.3. The predicted molar refractivity (Wildman–Crippen MR) is 94.9 cm³/mol. The number of hydrogen-bond donors (Lipinski definition) is 6. The Morgan fingerprint density at radius 3 is 2.30 bits per heavy atom. The zero-order chi connectivity index (χ0) is 23.2. The molecule has 0 amide bonds. The molecule has 19 heteroatoms. The molecular formula is C11H19N2O14P3. The summed E-state index contributed by atoms with van der Waals surface area (Å²) in [5.41, 5.74) is -4.86. The number of phosphoric acid groups is 3. The predicted octanol–water partition coefficient (Wildman–Crippen LogP) is -0.692. The number of nitrogens with zero attached hydrogens (tertiary/aromatic N) is 1. The largest absolute Gasteiger partial charge is 0.490 e. The summed E-state index contributed by atoms with van der Waals surface area (Å²) in [5.74, 6) is 0. The van der Waals surface area contributed by atoms with Crippen molar-refractivity contribution in [3.8, 4) is 0 Å². The Morgan fingerprint density at radius 1 is 1.17 bits per heavy atom. The van der Waals surface area contributed by atoms with E-state index in [4.69, 9.17) is 19.4 Å². The van der Waals surface area contributed by atoms with Crippen LogP contribution >= 0.6 is 23.5 Å². The number of aromatic nitrogens is 2. The first-order valence-electron chi connectivity index (χ1n) is 7.83. The summed E-state index contributed by atoms with van der Waals surface area (Å²) in [6.45, 7) is 1.76. The van der Waals surface area contributed by atoms with Crippen LogP contribution < -0.4 is 11.2 Å². The Hall–Kier alpha value is -0.990. The zero-order valence-electron chi connectivity index (χ0n) is 15.3. The molecule has 1 saturated heterocycles. The Balaban J connectivity index is 2.14. The lowest BCUT2D eigenvalue weighted by molar-refractivity contribution is -0.119. The van der Waals surface area contributed by atoms with Crippen LogP contribution in [0.1, 0.15) is 26.5 Å². The molecule has 6 N–H and O–H groups in total. The second-order valence-corrected chi connectivity index (χ2v) is 11.3. The maximum Gasteiger partial charge on any atom is 0.490 e. The van der Waals surface area contributed by atoms with E-state index in [-0.39, 0.29) is 6.42 Å². The van der Waals surface area contributed by atoms with Crippen molar-refractivity contribution in [1.82, 2.24) is 9.55 Å². The van der Waals surface area contributed by atoms with E-state index >= 15 is 0 Å². The van der Waals surface area contributed by atoms with Gasteiger partial charge in [0.05, 0.1) is 12.2 Å². The molecule has 30 heavy (non-hydrogen) atoms. The average Bonchev–Trinajstić information content (AvgIpc) is 2.72. The third-order valence-electron chi connectivity index (χ3n) is 3.71. The van der Waals surface area contributed by atoms with Gasteiger partial charge in [-0.3, -0.25) is 18.9 Å². The van der Waals surface area contributed by atoms with Gasteiger partial charge in [-0.1, -0.05) is 0 Å². The molecule has 0 aromatic carbocycles. The van der Waals surface area contributed by atoms with Gasteiger partial charge in [0.2, 0.25) is 0 Å². The van der Waals surface area contributed by atoms with E-state index in [0.717, 1.165) is 16.8 Å². The summed E-state index contributed by atoms with van der Waals surface area (Å²) in [6.07, 6.45) is -0.559. The van der Waals surface area contributed by atoms with Crippen molar-refractivity contribution in [3.63, 3.8) is 0 Å². The summed E-state index contributed by atoms with van der Waals surface area (Å²) in [4.78, 5) is 60.8. The summed E-state index contributed by atoms with van der Waals surface area (Å²) in [6, 6.07) is 1.00. The summed E-state index contributed by atoms with van der Waals surface area (Å²) < 4.78 is 52.0. The molecule has 16 nitrogen and oxygen atoms in total. The highest BCUT2D eigenvalue weighted by Gasteiger charge is 2.53. The van der Waals surface area contributed by atoms with E-state index in [1.165, 1.54) is 13.8 Å². The molecule has 2 rings (SSSR count). The van der Waals surface area contributed by atoms with Gasteiger partial charge in [-0.05, 0) is 13.8 Å². The molecule has 0 spiro atoms. The standard InChI is InChI=1S/C11H19N2O14P3/c1-10(6-24-29(20,21)27-30(22,23)26-28(17,18)19)5-11(2,16)8(25-10)13-4-3-7(14)12-9(13)15/h3-4,8,16H,5-6H2,1-2H3,(H,20,21)(H,22,23)(H,12,14,15)(H2,17,18,19)/t8-,10+,11-/m1/s1. The van der Waals surface area contributed by atoms with Crippen LogP contribution in [0.5, 0.6) is 0 Å². The smallest absolute Gasteiger partial charge is 0.385 e. The molecule has 1 aliphatic rings. The van der Waals surface area contributed by atoms with Crippen LogP contribution in [0.25, 0.3) is 0 Å². The van der Waals surface area contributed by atoms with Crippen molar-refractivity contribution >= 4 is 23.5 Å². The number of ether oxygens (including phenoxy) is 1. The number of hydrogen-bond acceptors (Lipinski definition) is 10. The number of phosphoric ester groups is 1. The van der Waals surface area contributed by atoms with Crippen molar-refractivity contribution in [3.05, 3.63) is 33.1 Å². The van der Waals surface area contributed by atoms with Crippen molar-refractivity contribution in [2.75, 3.05) is 6.61 Å².